The Morgan fingerprint density at radius 1 is 1.17 bits per heavy atom. The Hall–Kier alpha value is -2.44. The van der Waals surface area contributed by atoms with E-state index in [9.17, 15) is 14.4 Å². The van der Waals surface area contributed by atoms with Crippen LogP contribution in [0.25, 0.3) is 0 Å². The number of rotatable bonds is 4. The maximum absolute atomic E-state index is 11.7. The summed E-state index contributed by atoms with van der Waals surface area (Å²) in [6, 6.07) is 3.18. The van der Waals surface area contributed by atoms with Crippen molar-refractivity contribution >= 4 is 17.8 Å². The lowest BCUT2D eigenvalue weighted by Crippen LogP contribution is -2.47. The number of pyridine rings is 1. The molecule has 0 aliphatic carbocycles. The van der Waals surface area contributed by atoms with E-state index < -0.39 is 23.9 Å². The number of hydrogen-bond acceptors (Lipinski definition) is 6. The van der Waals surface area contributed by atoms with Crippen molar-refractivity contribution in [2.24, 2.45) is 0 Å². The molecular weight excluding hydrogens is 240 g/mol. The summed E-state index contributed by atoms with van der Waals surface area (Å²) in [5.41, 5.74) is 0.0790. The Bertz CT molecular complexity index is 430. The molecule has 7 nitrogen and oxygen atoms in total. The van der Waals surface area contributed by atoms with Crippen molar-refractivity contribution in [1.29, 1.82) is 0 Å². The van der Waals surface area contributed by atoms with Crippen LogP contribution < -0.4 is 5.32 Å². The lowest BCUT2D eigenvalue weighted by atomic mass is 10.2. The number of aromatic nitrogens is 1. The Labute approximate surface area is 103 Å². The summed E-state index contributed by atoms with van der Waals surface area (Å²) < 4.78 is 8.79. The smallest absolute Gasteiger partial charge is 0.340 e. The second-order valence-electron chi connectivity index (χ2n) is 3.17. The van der Waals surface area contributed by atoms with Gasteiger partial charge >= 0.3 is 11.9 Å². The van der Waals surface area contributed by atoms with Gasteiger partial charge in [0.1, 0.15) is 5.69 Å². The number of methoxy groups -OCH3 is 2. The van der Waals surface area contributed by atoms with Gasteiger partial charge in [-0.25, -0.2) is 9.59 Å². The van der Waals surface area contributed by atoms with Gasteiger partial charge in [0, 0.05) is 6.20 Å². The molecule has 1 rings (SSSR count). The molecule has 0 fully saturated rings. The Morgan fingerprint density at radius 3 is 2.22 bits per heavy atom. The zero-order valence-electron chi connectivity index (χ0n) is 9.88. The molecule has 7 heteroatoms. The third kappa shape index (κ3) is 3.27. The van der Waals surface area contributed by atoms with Gasteiger partial charge in [-0.15, -0.1) is 0 Å². The molecule has 0 aromatic carbocycles. The maximum Gasteiger partial charge on any atom is 0.340 e. The second-order valence-corrected chi connectivity index (χ2v) is 3.17. The highest BCUT2D eigenvalue weighted by Crippen LogP contribution is 1.97. The number of amides is 1. The number of ether oxygens (including phenoxy) is 2. The van der Waals surface area contributed by atoms with Crippen LogP contribution in [0, 0.1) is 0 Å². The summed E-state index contributed by atoms with van der Waals surface area (Å²) in [6.45, 7) is 0. The van der Waals surface area contributed by atoms with Crippen molar-refractivity contribution < 1.29 is 23.9 Å². The zero-order chi connectivity index (χ0) is 13.5. The van der Waals surface area contributed by atoms with Crippen LogP contribution in [0.3, 0.4) is 0 Å². The van der Waals surface area contributed by atoms with Crippen molar-refractivity contribution in [2.75, 3.05) is 14.2 Å². The first kappa shape index (κ1) is 13.6. The van der Waals surface area contributed by atoms with Crippen LogP contribution in [0.2, 0.25) is 0 Å². The zero-order valence-corrected chi connectivity index (χ0v) is 9.88. The first-order chi connectivity index (χ1) is 8.60. The fourth-order valence-electron chi connectivity index (χ4n) is 1.15. The molecule has 1 heterocycles. The molecule has 0 aliphatic heterocycles. The lowest BCUT2D eigenvalue weighted by molar-refractivity contribution is -0.154. The molecule has 1 amide bonds. The number of hydrogen-bond donors (Lipinski definition) is 1. The molecular formula is C11H12N2O5. The normalized spacial score (nSPS) is 9.72. The van der Waals surface area contributed by atoms with Crippen LogP contribution >= 0.6 is 0 Å². The van der Waals surface area contributed by atoms with E-state index in [1.165, 1.54) is 12.3 Å². The first-order valence-electron chi connectivity index (χ1n) is 4.97. The van der Waals surface area contributed by atoms with E-state index in [2.05, 4.69) is 19.8 Å². The summed E-state index contributed by atoms with van der Waals surface area (Å²) in [7, 11) is 2.20. The van der Waals surface area contributed by atoms with Crippen LogP contribution in [0.15, 0.2) is 24.4 Å². The van der Waals surface area contributed by atoms with Crippen molar-refractivity contribution in [3.8, 4) is 0 Å². The van der Waals surface area contributed by atoms with Gasteiger partial charge in [0.25, 0.3) is 5.91 Å². The van der Waals surface area contributed by atoms with E-state index in [1.54, 1.807) is 12.1 Å². The van der Waals surface area contributed by atoms with Gasteiger partial charge in [0.2, 0.25) is 6.04 Å². The fraction of sp³-hybridized carbons (Fsp3) is 0.273. The van der Waals surface area contributed by atoms with Gasteiger partial charge in [0.15, 0.2) is 0 Å². The van der Waals surface area contributed by atoms with Gasteiger partial charge in [0.05, 0.1) is 14.2 Å². The summed E-state index contributed by atoms with van der Waals surface area (Å²) >= 11 is 0. The minimum absolute atomic E-state index is 0.0790. The minimum atomic E-state index is -1.51. The standard InChI is InChI=1S/C11H12N2O5/c1-17-10(15)8(11(16)18-2)13-9(14)7-5-3-4-6-12-7/h3-6,8H,1-2H3,(H,13,14). The summed E-state index contributed by atoms with van der Waals surface area (Å²) in [4.78, 5) is 38.1. The topological polar surface area (TPSA) is 94.6 Å². The molecule has 0 saturated carbocycles. The molecule has 0 bridgehead atoms. The molecule has 96 valence electrons. The highest BCUT2D eigenvalue weighted by Gasteiger charge is 2.30. The van der Waals surface area contributed by atoms with Crippen LogP contribution in [0.4, 0.5) is 0 Å². The van der Waals surface area contributed by atoms with Crippen LogP contribution in [0.1, 0.15) is 10.5 Å². The Kier molecular flexibility index (Phi) is 4.79. The van der Waals surface area contributed by atoms with Gasteiger partial charge in [-0.3, -0.25) is 9.78 Å². The molecule has 0 aliphatic rings. The average molecular weight is 252 g/mol. The molecule has 0 unspecified atom stereocenters. The molecule has 0 radical (unpaired) electrons. The molecule has 1 aromatic rings. The molecule has 18 heavy (non-hydrogen) atoms. The third-order valence-corrected chi connectivity index (χ3v) is 2.05. The van der Waals surface area contributed by atoms with Gasteiger partial charge < -0.3 is 14.8 Å². The maximum atomic E-state index is 11.7. The number of carbonyl (C=O) groups excluding carboxylic acids is 3. The third-order valence-electron chi connectivity index (χ3n) is 2.05. The number of esters is 2. The lowest BCUT2D eigenvalue weighted by Gasteiger charge is -2.13. The van der Waals surface area contributed by atoms with Gasteiger partial charge in [-0.1, -0.05) is 6.07 Å². The highest BCUT2D eigenvalue weighted by atomic mass is 16.5. The van der Waals surface area contributed by atoms with E-state index in [1.807, 2.05) is 0 Å². The fourth-order valence-corrected chi connectivity index (χ4v) is 1.15. The first-order valence-corrected chi connectivity index (χ1v) is 4.97. The minimum Gasteiger partial charge on any atom is -0.467 e. The van der Waals surface area contributed by atoms with Crippen LogP contribution in [-0.4, -0.2) is 43.1 Å². The Balaban J connectivity index is 2.81. The van der Waals surface area contributed by atoms with Gasteiger partial charge in [-0.2, -0.15) is 0 Å². The molecule has 1 aromatic heterocycles. The predicted octanol–water partition coefficient (Wildman–Crippen LogP) is -0.474. The number of nitrogens with zero attached hydrogens (tertiary/aromatic N) is 1. The van der Waals surface area contributed by atoms with Crippen molar-refractivity contribution in [1.82, 2.24) is 10.3 Å². The van der Waals surface area contributed by atoms with Crippen molar-refractivity contribution in [3.63, 3.8) is 0 Å². The largest absolute Gasteiger partial charge is 0.467 e. The summed E-state index contributed by atoms with van der Waals surface area (Å²) in [5, 5.41) is 2.18. The van der Waals surface area contributed by atoms with E-state index in [0.717, 1.165) is 14.2 Å². The van der Waals surface area contributed by atoms with Gasteiger partial charge in [-0.05, 0) is 12.1 Å². The summed E-state index contributed by atoms with van der Waals surface area (Å²) in [5.74, 6) is -2.49. The van der Waals surface area contributed by atoms with E-state index >= 15 is 0 Å². The number of nitrogens with one attached hydrogen (secondary N) is 1. The van der Waals surface area contributed by atoms with E-state index in [0.29, 0.717) is 0 Å². The number of carbonyl (C=O) groups is 3. The van der Waals surface area contributed by atoms with Crippen molar-refractivity contribution in [2.45, 2.75) is 6.04 Å². The average Bonchev–Trinajstić information content (AvgIpc) is 2.43. The predicted molar refractivity (Wildman–Crippen MR) is 59.5 cm³/mol. The quantitative estimate of drug-likeness (QED) is 0.575. The van der Waals surface area contributed by atoms with E-state index in [-0.39, 0.29) is 5.69 Å². The second kappa shape index (κ2) is 6.33. The van der Waals surface area contributed by atoms with Crippen molar-refractivity contribution in [3.05, 3.63) is 30.1 Å². The highest BCUT2D eigenvalue weighted by molar-refractivity contribution is 6.05. The molecule has 0 atom stereocenters. The van der Waals surface area contributed by atoms with Crippen LogP contribution in [-0.2, 0) is 19.1 Å². The monoisotopic (exact) mass is 252 g/mol. The Morgan fingerprint density at radius 2 is 1.78 bits per heavy atom. The SMILES string of the molecule is COC(=O)C(NC(=O)c1ccccn1)C(=O)OC. The molecule has 1 N–H and O–H groups in total. The summed E-state index contributed by atoms with van der Waals surface area (Å²) in [6.07, 6.45) is 1.42. The van der Waals surface area contributed by atoms with E-state index in [4.69, 9.17) is 0 Å². The van der Waals surface area contributed by atoms with Crippen LogP contribution in [0.5, 0.6) is 0 Å². The molecule has 0 saturated heterocycles. The molecule has 0 spiro atoms.